The monoisotopic (exact) mass is 302 g/mol. The molecule has 0 saturated carbocycles. The molecule has 106 valence electrons. The second-order valence-electron chi connectivity index (χ2n) is 4.67. The van der Waals surface area contributed by atoms with E-state index in [9.17, 15) is 9.90 Å². The average Bonchev–Trinajstić information content (AvgIpc) is 2.79. The summed E-state index contributed by atoms with van der Waals surface area (Å²) in [7, 11) is 0. The van der Waals surface area contributed by atoms with Gasteiger partial charge in [-0.05, 0) is 30.7 Å². The highest BCUT2D eigenvalue weighted by atomic mass is 35.5. The van der Waals surface area contributed by atoms with Gasteiger partial charge in [-0.25, -0.2) is 9.48 Å². The fourth-order valence-corrected chi connectivity index (χ4v) is 2.37. The summed E-state index contributed by atoms with van der Waals surface area (Å²) < 4.78 is 1.37. The van der Waals surface area contributed by atoms with Gasteiger partial charge in [-0.15, -0.1) is 5.10 Å². The van der Waals surface area contributed by atoms with E-state index in [1.807, 2.05) is 24.3 Å². The van der Waals surface area contributed by atoms with Crippen LogP contribution in [0.4, 0.5) is 0 Å². The van der Waals surface area contributed by atoms with Crippen LogP contribution < -0.4 is 0 Å². The second-order valence-corrected chi connectivity index (χ2v) is 5.10. The van der Waals surface area contributed by atoms with E-state index in [0.717, 1.165) is 16.5 Å². The minimum absolute atomic E-state index is 0.0966. The van der Waals surface area contributed by atoms with Crippen LogP contribution in [-0.2, 0) is 6.54 Å². The maximum atomic E-state index is 11.2. The Morgan fingerprint density at radius 1 is 1.38 bits per heavy atom. The Morgan fingerprint density at radius 3 is 2.95 bits per heavy atom. The molecular formula is C14H11ClN4O2. The molecule has 6 nitrogen and oxygen atoms in total. The van der Waals surface area contributed by atoms with Gasteiger partial charge in [0.1, 0.15) is 0 Å². The highest BCUT2D eigenvalue weighted by Crippen LogP contribution is 2.19. The van der Waals surface area contributed by atoms with Gasteiger partial charge >= 0.3 is 5.97 Å². The van der Waals surface area contributed by atoms with Crippen molar-refractivity contribution >= 4 is 28.5 Å². The lowest BCUT2D eigenvalue weighted by Crippen LogP contribution is -2.12. The standard InChI is InChI=1S/C14H11ClN4O2/c1-8-13(14(20)21)19(18-17-8)7-9-2-3-12-10(4-9)5-11(15)6-16-12/h2-6H,7H2,1H3,(H,20,21). The van der Waals surface area contributed by atoms with Gasteiger partial charge in [0.05, 0.1) is 22.8 Å². The lowest BCUT2D eigenvalue weighted by molar-refractivity contribution is 0.0683. The van der Waals surface area contributed by atoms with Crippen LogP contribution in [0.3, 0.4) is 0 Å². The fourth-order valence-electron chi connectivity index (χ4n) is 2.20. The summed E-state index contributed by atoms with van der Waals surface area (Å²) in [5.41, 5.74) is 2.22. The van der Waals surface area contributed by atoms with Crippen molar-refractivity contribution in [2.75, 3.05) is 0 Å². The van der Waals surface area contributed by atoms with E-state index in [4.69, 9.17) is 11.6 Å². The summed E-state index contributed by atoms with van der Waals surface area (Å²) in [5.74, 6) is -1.04. The Balaban J connectivity index is 2.00. The first-order valence-electron chi connectivity index (χ1n) is 6.22. The molecule has 2 aromatic heterocycles. The molecule has 0 aliphatic heterocycles. The van der Waals surface area contributed by atoms with Crippen LogP contribution in [0.25, 0.3) is 10.9 Å². The van der Waals surface area contributed by atoms with Crippen molar-refractivity contribution in [3.05, 3.63) is 52.4 Å². The third-order valence-corrected chi connectivity index (χ3v) is 3.36. The van der Waals surface area contributed by atoms with Crippen LogP contribution in [0.1, 0.15) is 21.7 Å². The van der Waals surface area contributed by atoms with E-state index in [2.05, 4.69) is 15.3 Å². The molecule has 0 amide bonds. The van der Waals surface area contributed by atoms with Crippen LogP contribution >= 0.6 is 11.6 Å². The number of benzene rings is 1. The van der Waals surface area contributed by atoms with Crippen molar-refractivity contribution in [2.45, 2.75) is 13.5 Å². The molecule has 0 bridgehead atoms. The Kier molecular flexibility index (Phi) is 3.31. The van der Waals surface area contributed by atoms with Crippen molar-refractivity contribution in [3.63, 3.8) is 0 Å². The first-order valence-corrected chi connectivity index (χ1v) is 6.60. The topological polar surface area (TPSA) is 80.9 Å². The Morgan fingerprint density at radius 2 is 2.19 bits per heavy atom. The number of pyridine rings is 1. The molecule has 7 heteroatoms. The Labute approximate surface area is 125 Å². The first kappa shape index (κ1) is 13.5. The molecular weight excluding hydrogens is 292 g/mol. The average molecular weight is 303 g/mol. The number of aromatic nitrogens is 4. The molecule has 1 aromatic carbocycles. The highest BCUT2D eigenvalue weighted by molar-refractivity contribution is 6.31. The number of carboxylic acids is 1. The van der Waals surface area contributed by atoms with Crippen LogP contribution in [0.15, 0.2) is 30.5 Å². The van der Waals surface area contributed by atoms with Crippen LogP contribution in [0.2, 0.25) is 5.02 Å². The molecule has 0 aliphatic carbocycles. The minimum atomic E-state index is -1.04. The number of hydrogen-bond donors (Lipinski definition) is 1. The van der Waals surface area contributed by atoms with Crippen LogP contribution in [0.5, 0.6) is 0 Å². The van der Waals surface area contributed by atoms with Crippen molar-refractivity contribution < 1.29 is 9.90 Å². The molecule has 0 radical (unpaired) electrons. The number of aryl methyl sites for hydroxylation is 1. The van der Waals surface area contributed by atoms with Crippen molar-refractivity contribution in [2.24, 2.45) is 0 Å². The SMILES string of the molecule is Cc1nnn(Cc2ccc3ncc(Cl)cc3c2)c1C(=O)O. The number of nitrogens with zero attached hydrogens (tertiary/aromatic N) is 4. The second kappa shape index (κ2) is 5.14. The van der Waals surface area contributed by atoms with Crippen molar-refractivity contribution in [3.8, 4) is 0 Å². The maximum absolute atomic E-state index is 11.2. The van der Waals surface area contributed by atoms with Gasteiger partial charge in [0.2, 0.25) is 0 Å². The highest BCUT2D eigenvalue weighted by Gasteiger charge is 2.16. The molecule has 3 aromatic rings. The van der Waals surface area contributed by atoms with E-state index in [-0.39, 0.29) is 5.69 Å². The molecule has 0 aliphatic rings. The third kappa shape index (κ3) is 2.57. The lowest BCUT2D eigenvalue weighted by Gasteiger charge is -2.05. The number of halogens is 1. The normalized spacial score (nSPS) is 11.0. The largest absolute Gasteiger partial charge is 0.476 e. The molecule has 0 fully saturated rings. The molecule has 21 heavy (non-hydrogen) atoms. The number of carbonyl (C=O) groups is 1. The van der Waals surface area contributed by atoms with Crippen molar-refractivity contribution in [1.29, 1.82) is 0 Å². The predicted molar refractivity (Wildman–Crippen MR) is 77.6 cm³/mol. The predicted octanol–water partition coefficient (Wildman–Crippen LogP) is 2.53. The molecule has 3 rings (SSSR count). The molecule has 1 N–H and O–H groups in total. The van der Waals surface area contributed by atoms with E-state index < -0.39 is 5.97 Å². The van der Waals surface area contributed by atoms with Gasteiger partial charge in [0, 0.05) is 11.6 Å². The van der Waals surface area contributed by atoms with Crippen LogP contribution in [-0.4, -0.2) is 31.1 Å². The molecule has 2 heterocycles. The summed E-state index contributed by atoms with van der Waals surface area (Å²) in [5, 5.41) is 18.3. The Hall–Kier alpha value is -2.47. The van der Waals surface area contributed by atoms with Gasteiger partial charge in [0.15, 0.2) is 5.69 Å². The Bertz CT molecular complexity index is 844. The zero-order chi connectivity index (χ0) is 15.0. The number of aromatic carboxylic acids is 1. The van der Waals surface area contributed by atoms with E-state index in [0.29, 0.717) is 17.3 Å². The number of fused-ring (bicyclic) bond motifs is 1. The number of carboxylic acid groups (broad SMARTS) is 1. The van der Waals surface area contributed by atoms with E-state index in [1.165, 1.54) is 4.68 Å². The maximum Gasteiger partial charge on any atom is 0.356 e. The fraction of sp³-hybridized carbons (Fsp3) is 0.143. The van der Waals surface area contributed by atoms with Gasteiger partial charge in [-0.1, -0.05) is 22.9 Å². The van der Waals surface area contributed by atoms with Gasteiger partial charge in [0.25, 0.3) is 0 Å². The summed E-state index contributed by atoms with van der Waals surface area (Å²) in [6.07, 6.45) is 1.59. The number of hydrogen-bond acceptors (Lipinski definition) is 4. The summed E-state index contributed by atoms with van der Waals surface area (Å²) in [4.78, 5) is 15.4. The zero-order valence-corrected chi connectivity index (χ0v) is 11.9. The van der Waals surface area contributed by atoms with Gasteiger partial charge in [-0.3, -0.25) is 4.98 Å². The lowest BCUT2D eigenvalue weighted by atomic mass is 10.1. The summed E-state index contributed by atoms with van der Waals surface area (Å²) in [6.45, 7) is 1.95. The summed E-state index contributed by atoms with van der Waals surface area (Å²) in [6, 6.07) is 7.48. The van der Waals surface area contributed by atoms with Crippen LogP contribution in [0, 0.1) is 6.92 Å². The third-order valence-electron chi connectivity index (χ3n) is 3.15. The molecule has 0 spiro atoms. The molecule has 0 saturated heterocycles. The molecule has 0 unspecified atom stereocenters. The van der Waals surface area contributed by atoms with Gasteiger partial charge < -0.3 is 5.11 Å². The zero-order valence-electron chi connectivity index (χ0n) is 11.1. The quantitative estimate of drug-likeness (QED) is 0.804. The van der Waals surface area contributed by atoms with Gasteiger partial charge in [-0.2, -0.15) is 0 Å². The minimum Gasteiger partial charge on any atom is -0.476 e. The van der Waals surface area contributed by atoms with E-state index in [1.54, 1.807) is 13.1 Å². The number of rotatable bonds is 3. The van der Waals surface area contributed by atoms with Crippen molar-refractivity contribution in [1.82, 2.24) is 20.0 Å². The van der Waals surface area contributed by atoms with E-state index >= 15 is 0 Å². The summed E-state index contributed by atoms with van der Waals surface area (Å²) >= 11 is 5.93. The first-order chi connectivity index (χ1) is 10.0. The molecule has 0 atom stereocenters. The smallest absolute Gasteiger partial charge is 0.356 e.